The molecule has 0 spiro atoms. The molecule has 2 N–H and O–H groups in total. The molecule has 0 saturated carbocycles. The molecule has 0 amide bonds. The molecule has 2 aromatic carbocycles. The maximum atomic E-state index is 13.7. The third kappa shape index (κ3) is 3.87. The first kappa shape index (κ1) is 19.2. The lowest BCUT2D eigenvalue weighted by molar-refractivity contribution is 0.629. The number of H-pyrrole nitrogens is 1. The fourth-order valence-corrected chi connectivity index (χ4v) is 3.61. The molecule has 0 aliphatic carbocycles. The third-order valence-corrected chi connectivity index (χ3v) is 5.25. The van der Waals surface area contributed by atoms with Gasteiger partial charge >= 0.3 is 0 Å². The standard InChI is InChI=1S/C23H19ClFN3O/c1-13-12-26-7-6-18(13)15-4-3-5-17(8-15)27-14(2)19-9-16-10-20(24)21(25)11-22(16)28-23(19)29/h3-12,14,27H,1-2H3,(H,28,29)/t14-/m0/s1. The van der Waals surface area contributed by atoms with Crippen molar-refractivity contribution in [1.29, 1.82) is 0 Å². The van der Waals surface area contributed by atoms with Gasteiger partial charge in [-0.3, -0.25) is 9.78 Å². The zero-order valence-corrected chi connectivity index (χ0v) is 16.7. The maximum absolute atomic E-state index is 13.7. The van der Waals surface area contributed by atoms with Crippen molar-refractivity contribution in [2.45, 2.75) is 19.9 Å². The highest BCUT2D eigenvalue weighted by Crippen LogP contribution is 2.28. The first-order valence-electron chi connectivity index (χ1n) is 9.22. The smallest absolute Gasteiger partial charge is 0.253 e. The molecule has 4 aromatic rings. The lowest BCUT2D eigenvalue weighted by Crippen LogP contribution is -2.19. The second-order valence-corrected chi connectivity index (χ2v) is 7.45. The molecule has 146 valence electrons. The number of hydrogen-bond donors (Lipinski definition) is 2. The summed E-state index contributed by atoms with van der Waals surface area (Å²) in [5.74, 6) is -0.558. The Bertz CT molecular complexity index is 1270. The van der Waals surface area contributed by atoms with E-state index in [9.17, 15) is 9.18 Å². The highest BCUT2D eigenvalue weighted by atomic mass is 35.5. The molecule has 4 nitrogen and oxygen atoms in total. The van der Waals surface area contributed by atoms with Gasteiger partial charge in [0.15, 0.2) is 0 Å². The third-order valence-electron chi connectivity index (χ3n) is 4.96. The van der Waals surface area contributed by atoms with Crippen LogP contribution in [0.4, 0.5) is 10.1 Å². The Balaban J connectivity index is 1.66. The van der Waals surface area contributed by atoms with Gasteiger partial charge in [0.05, 0.1) is 16.6 Å². The van der Waals surface area contributed by atoms with Gasteiger partial charge in [-0.05, 0) is 66.9 Å². The van der Waals surface area contributed by atoms with Crippen molar-refractivity contribution < 1.29 is 4.39 Å². The minimum atomic E-state index is -0.558. The number of fused-ring (bicyclic) bond motifs is 1. The van der Waals surface area contributed by atoms with Crippen molar-refractivity contribution in [3.63, 3.8) is 0 Å². The summed E-state index contributed by atoms with van der Waals surface area (Å²) in [7, 11) is 0. The zero-order chi connectivity index (χ0) is 20.5. The number of aromatic nitrogens is 2. The van der Waals surface area contributed by atoms with Gasteiger partial charge in [0.25, 0.3) is 5.56 Å². The van der Waals surface area contributed by atoms with Crippen molar-refractivity contribution in [3.05, 3.63) is 93.2 Å². The summed E-state index contributed by atoms with van der Waals surface area (Å²) >= 11 is 5.89. The van der Waals surface area contributed by atoms with E-state index in [1.54, 1.807) is 12.3 Å². The number of pyridine rings is 2. The van der Waals surface area contributed by atoms with Crippen molar-refractivity contribution in [2.24, 2.45) is 0 Å². The van der Waals surface area contributed by atoms with Crippen LogP contribution in [0.1, 0.15) is 24.1 Å². The number of hydrogen-bond acceptors (Lipinski definition) is 3. The van der Waals surface area contributed by atoms with Gasteiger partial charge in [0, 0.05) is 29.0 Å². The van der Waals surface area contributed by atoms with Crippen molar-refractivity contribution in [1.82, 2.24) is 9.97 Å². The van der Waals surface area contributed by atoms with Crippen LogP contribution < -0.4 is 10.9 Å². The SMILES string of the molecule is Cc1cnccc1-c1cccc(N[C@@H](C)c2cc3cc(Cl)c(F)cc3[nH]c2=O)c1. The van der Waals surface area contributed by atoms with Gasteiger partial charge in [-0.1, -0.05) is 23.7 Å². The Hall–Kier alpha value is -3.18. The molecule has 2 heterocycles. The van der Waals surface area contributed by atoms with E-state index in [2.05, 4.69) is 15.3 Å². The normalized spacial score (nSPS) is 12.1. The monoisotopic (exact) mass is 407 g/mol. The molecule has 1 atom stereocenters. The van der Waals surface area contributed by atoms with Gasteiger partial charge in [0.2, 0.25) is 0 Å². The predicted molar refractivity (Wildman–Crippen MR) is 116 cm³/mol. The molecule has 0 bridgehead atoms. The number of anilines is 1. The molecular weight excluding hydrogens is 389 g/mol. The zero-order valence-electron chi connectivity index (χ0n) is 16.0. The summed E-state index contributed by atoms with van der Waals surface area (Å²) < 4.78 is 13.7. The average molecular weight is 408 g/mol. The lowest BCUT2D eigenvalue weighted by Gasteiger charge is -2.17. The van der Waals surface area contributed by atoms with E-state index >= 15 is 0 Å². The summed E-state index contributed by atoms with van der Waals surface area (Å²) in [5, 5.41) is 4.08. The van der Waals surface area contributed by atoms with Crippen LogP contribution in [0.25, 0.3) is 22.0 Å². The molecule has 0 aliphatic heterocycles. The quantitative estimate of drug-likeness (QED) is 0.445. The first-order valence-corrected chi connectivity index (χ1v) is 9.60. The molecule has 4 rings (SSSR count). The average Bonchev–Trinajstić information content (AvgIpc) is 2.69. The van der Waals surface area contributed by atoms with E-state index in [1.165, 1.54) is 12.1 Å². The van der Waals surface area contributed by atoms with Crippen LogP contribution >= 0.6 is 11.6 Å². The summed E-state index contributed by atoms with van der Waals surface area (Å²) in [6.45, 7) is 3.93. The van der Waals surface area contributed by atoms with Crippen molar-refractivity contribution in [3.8, 4) is 11.1 Å². The van der Waals surface area contributed by atoms with Crippen molar-refractivity contribution in [2.75, 3.05) is 5.32 Å². The van der Waals surface area contributed by atoms with Gasteiger partial charge in [-0.15, -0.1) is 0 Å². The number of nitrogens with zero attached hydrogens (tertiary/aromatic N) is 1. The molecule has 0 fully saturated rings. The van der Waals surface area contributed by atoms with Gasteiger partial charge < -0.3 is 10.3 Å². The Labute approximate surface area is 172 Å². The van der Waals surface area contributed by atoms with E-state index in [0.717, 1.165) is 22.4 Å². The number of benzene rings is 2. The molecule has 0 radical (unpaired) electrons. The Morgan fingerprint density at radius 3 is 2.79 bits per heavy atom. The van der Waals surface area contributed by atoms with Crippen LogP contribution in [0.2, 0.25) is 5.02 Å². The highest BCUT2D eigenvalue weighted by molar-refractivity contribution is 6.31. The van der Waals surface area contributed by atoms with Crippen molar-refractivity contribution >= 4 is 28.2 Å². The molecule has 0 unspecified atom stereocenters. The molecule has 6 heteroatoms. The van der Waals surface area contributed by atoms with Gasteiger partial charge in [0.1, 0.15) is 5.82 Å². The van der Waals surface area contributed by atoms with Crippen LogP contribution in [-0.2, 0) is 0 Å². The number of aryl methyl sites for hydroxylation is 1. The summed E-state index contributed by atoms with van der Waals surface area (Å²) in [4.78, 5) is 19.4. The predicted octanol–water partition coefficient (Wildman–Crippen LogP) is 5.86. The molecule has 0 saturated heterocycles. The second-order valence-electron chi connectivity index (χ2n) is 7.04. The van der Waals surface area contributed by atoms with Gasteiger partial charge in [-0.25, -0.2) is 4.39 Å². The molecule has 0 aliphatic rings. The van der Waals surface area contributed by atoms with Crippen LogP contribution in [0, 0.1) is 12.7 Å². The maximum Gasteiger partial charge on any atom is 0.253 e. The number of nitrogens with one attached hydrogen (secondary N) is 2. The van der Waals surface area contributed by atoms with E-state index in [4.69, 9.17) is 11.6 Å². The molecule has 2 aromatic heterocycles. The minimum absolute atomic E-state index is 0.0246. The van der Waals surface area contributed by atoms with E-state index < -0.39 is 5.82 Å². The fraction of sp³-hybridized carbons (Fsp3) is 0.130. The highest BCUT2D eigenvalue weighted by Gasteiger charge is 2.13. The summed E-state index contributed by atoms with van der Waals surface area (Å²) in [6, 6.07) is 14.2. The van der Waals surface area contributed by atoms with E-state index in [-0.39, 0.29) is 16.6 Å². The van der Waals surface area contributed by atoms with Crippen LogP contribution in [-0.4, -0.2) is 9.97 Å². The molecular formula is C23H19ClFN3O. The number of aromatic amines is 1. The Morgan fingerprint density at radius 2 is 2.00 bits per heavy atom. The fourth-order valence-electron chi connectivity index (χ4n) is 3.44. The first-order chi connectivity index (χ1) is 13.9. The summed E-state index contributed by atoms with van der Waals surface area (Å²) in [5.41, 5.74) is 4.86. The largest absolute Gasteiger partial charge is 0.378 e. The Morgan fingerprint density at radius 1 is 1.17 bits per heavy atom. The summed E-state index contributed by atoms with van der Waals surface area (Å²) in [6.07, 6.45) is 3.61. The molecule has 29 heavy (non-hydrogen) atoms. The van der Waals surface area contributed by atoms with E-state index in [0.29, 0.717) is 16.5 Å². The Kier molecular flexibility index (Phi) is 5.07. The topological polar surface area (TPSA) is 57.8 Å². The lowest BCUT2D eigenvalue weighted by atomic mass is 10.0. The second kappa shape index (κ2) is 7.68. The van der Waals surface area contributed by atoms with Crippen LogP contribution in [0.15, 0.2) is 65.7 Å². The van der Waals surface area contributed by atoms with Crippen LogP contribution in [0.5, 0.6) is 0 Å². The number of rotatable bonds is 4. The van der Waals surface area contributed by atoms with Gasteiger partial charge in [-0.2, -0.15) is 0 Å². The number of halogens is 2. The minimum Gasteiger partial charge on any atom is -0.378 e. The van der Waals surface area contributed by atoms with E-state index in [1.807, 2.05) is 50.4 Å². The van der Waals surface area contributed by atoms with Crippen LogP contribution in [0.3, 0.4) is 0 Å².